The van der Waals surface area contributed by atoms with E-state index in [1.165, 1.54) is 6.92 Å². The summed E-state index contributed by atoms with van der Waals surface area (Å²) in [6.07, 6.45) is -4.80. The number of rotatable bonds is 15. The summed E-state index contributed by atoms with van der Waals surface area (Å²) < 4.78 is 26.1. The molecule has 0 bridgehead atoms. The second-order valence-corrected chi connectivity index (χ2v) is 8.68. The Bertz CT molecular complexity index is 544. The van der Waals surface area contributed by atoms with E-state index >= 15 is 0 Å². The van der Waals surface area contributed by atoms with E-state index in [9.17, 15) is 24.9 Å². The Labute approximate surface area is 187 Å². The van der Waals surface area contributed by atoms with Gasteiger partial charge >= 0.3 is 0 Å². The largest absolute Gasteiger partial charge is 0.394 e. The summed E-state index contributed by atoms with van der Waals surface area (Å²) >= 11 is 4.17. The maximum Gasteiger partial charge on any atom is 0.217 e. The average Bonchev–Trinajstić information content (AvgIpc) is 2.69. The van der Waals surface area contributed by atoms with E-state index in [1.54, 1.807) is 13.8 Å². The average molecular weight is 470 g/mol. The first-order chi connectivity index (χ1) is 14.6. The van der Waals surface area contributed by atoms with Crippen LogP contribution in [0.3, 0.4) is 0 Å². The van der Waals surface area contributed by atoms with Gasteiger partial charge in [0, 0.05) is 6.92 Å². The van der Waals surface area contributed by atoms with Crippen LogP contribution in [0.4, 0.5) is 0 Å². The van der Waals surface area contributed by atoms with Crippen LogP contribution in [-0.4, -0.2) is 115 Å². The molecule has 1 amide bonds. The highest BCUT2D eigenvalue weighted by atomic mass is 32.1. The van der Waals surface area contributed by atoms with Crippen LogP contribution in [-0.2, 0) is 33.3 Å². The second kappa shape index (κ2) is 14.3. The van der Waals surface area contributed by atoms with Gasteiger partial charge in [-0.1, -0.05) is 0 Å². The van der Waals surface area contributed by atoms with Gasteiger partial charge in [-0.2, -0.15) is 12.6 Å². The van der Waals surface area contributed by atoms with Crippen molar-refractivity contribution in [1.29, 1.82) is 0 Å². The Morgan fingerprint density at radius 1 is 1.00 bits per heavy atom. The highest BCUT2D eigenvalue weighted by Crippen LogP contribution is 2.22. The summed E-state index contributed by atoms with van der Waals surface area (Å²) in [7, 11) is 0. The van der Waals surface area contributed by atoms with E-state index in [0.717, 1.165) is 0 Å². The molecule has 0 aromatic heterocycles. The zero-order valence-electron chi connectivity index (χ0n) is 18.2. The number of ether oxygens (including phenoxy) is 5. The number of carbonyl (C=O) groups excluding carboxylic acids is 2. The lowest BCUT2D eigenvalue weighted by atomic mass is 9.97. The lowest BCUT2D eigenvalue weighted by Crippen LogP contribution is -2.64. The summed E-state index contributed by atoms with van der Waals surface area (Å²) in [4.78, 5) is 23.0. The van der Waals surface area contributed by atoms with Gasteiger partial charge in [-0.3, -0.25) is 9.59 Å². The number of hydrogen-bond donors (Lipinski definition) is 5. The van der Waals surface area contributed by atoms with E-state index in [4.69, 9.17) is 23.7 Å². The molecule has 0 aromatic carbocycles. The van der Waals surface area contributed by atoms with E-state index in [-0.39, 0.29) is 32.2 Å². The van der Waals surface area contributed by atoms with Crippen LogP contribution in [0.25, 0.3) is 0 Å². The van der Waals surface area contributed by atoms with Gasteiger partial charge in [0.15, 0.2) is 12.1 Å². The van der Waals surface area contributed by atoms with E-state index < -0.39 is 47.9 Å². The van der Waals surface area contributed by atoms with Crippen LogP contribution >= 0.6 is 12.6 Å². The van der Waals surface area contributed by atoms with Crippen molar-refractivity contribution in [3.8, 4) is 0 Å². The van der Waals surface area contributed by atoms with Crippen molar-refractivity contribution >= 4 is 24.3 Å². The third-order valence-corrected chi connectivity index (χ3v) is 4.67. The first-order valence-electron chi connectivity index (χ1n) is 10.1. The molecule has 1 aliphatic heterocycles. The van der Waals surface area contributed by atoms with Crippen LogP contribution in [0, 0.1) is 0 Å². The molecule has 1 fully saturated rings. The first kappa shape index (κ1) is 28.2. The Hall–Kier alpha value is -0.830. The molecule has 12 heteroatoms. The molecule has 182 valence electrons. The number of nitrogens with one attached hydrogen (secondary N) is 1. The van der Waals surface area contributed by atoms with Crippen LogP contribution in [0.2, 0.25) is 0 Å². The molecular formula is C19H35NO10S. The summed E-state index contributed by atoms with van der Waals surface area (Å²) in [6.45, 7) is 5.65. The van der Waals surface area contributed by atoms with Crippen molar-refractivity contribution in [2.24, 2.45) is 0 Å². The summed E-state index contributed by atoms with van der Waals surface area (Å²) in [5.74, 6) is -0.527. The number of thiol groups is 1. The van der Waals surface area contributed by atoms with Crippen LogP contribution in [0.1, 0.15) is 20.8 Å². The zero-order chi connectivity index (χ0) is 23.4. The van der Waals surface area contributed by atoms with E-state index in [1.807, 2.05) is 0 Å². The molecule has 31 heavy (non-hydrogen) atoms. The van der Waals surface area contributed by atoms with Gasteiger partial charge in [0.1, 0.15) is 31.0 Å². The predicted octanol–water partition coefficient (Wildman–Crippen LogP) is -1.73. The highest BCUT2D eigenvalue weighted by molar-refractivity contribution is 7.82. The maximum atomic E-state index is 11.6. The van der Waals surface area contributed by atoms with Gasteiger partial charge in [0.25, 0.3) is 0 Å². The monoisotopic (exact) mass is 469 g/mol. The molecule has 0 radical (unpaired) electrons. The molecule has 0 aliphatic carbocycles. The zero-order valence-corrected chi connectivity index (χ0v) is 19.1. The number of ketones is 1. The van der Waals surface area contributed by atoms with Gasteiger partial charge in [-0.05, 0) is 13.8 Å². The third kappa shape index (κ3) is 10.6. The highest BCUT2D eigenvalue weighted by Gasteiger charge is 2.45. The summed E-state index contributed by atoms with van der Waals surface area (Å²) in [6, 6.07) is -0.987. The SMILES string of the molecule is CC(=O)N[C@H]1[C@H](OCCOCCOCCOCC(=O)C(C)(C)S)O[C@H](CO)[C@H](O)[C@@H]1O. The topological polar surface area (TPSA) is 153 Å². The van der Waals surface area contributed by atoms with Gasteiger partial charge < -0.3 is 44.3 Å². The minimum Gasteiger partial charge on any atom is -0.394 e. The molecular weight excluding hydrogens is 434 g/mol. The Kier molecular flexibility index (Phi) is 13.1. The maximum absolute atomic E-state index is 11.6. The minimum absolute atomic E-state index is 0.0146. The normalized spacial score (nSPS) is 26.6. The first-order valence-corrected chi connectivity index (χ1v) is 10.5. The molecule has 1 aliphatic rings. The van der Waals surface area contributed by atoms with Gasteiger partial charge in [-0.25, -0.2) is 0 Å². The molecule has 5 atom stereocenters. The molecule has 0 unspecified atom stereocenters. The lowest BCUT2D eigenvalue weighted by Gasteiger charge is -2.42. The van der Waals surface area contributed by atoms with E-state index in [2.05, 4.69) is 17.9 Å². The Morgan fingerprint density at radius 3 is 2.06 bits per heavy atom. The molecule has 0 saturated carbocycles. The van der Waals surface area contributed by atoms with E-state index in [0.29, 0.717) is 19.8 Å². The summed E-state index contributed by atoms with van der Waals surface area (Å²) in [5, 5.41) is 31.9. The molecule has 0 aromatic rings. The molecule has 1 heterocycles. The third-order valence-electron chi connectivity index (χ3n) is 4.42. The van der Waals surface area contributed by atoms with Crippen molar-refractivity contribution in [3.63, 3.8) is 0 Å². The molecule has 1 saturated heterocycles. The fourth-order valence-electron chi connectivity index (χ4n) is 2.62. The number of aliphatic hydroxyl groups is 3. The van der Waals surface area contributed by atoms with Crippen LogP contribution < -0.4 is 5.32 Å². The van der Waals surface area contributed by atoms with Crippen molar-refractivity contribution in [2.75, 3.05) is 52.9 Å². The van der Waals surface area contributed by atoms with Gasteiger partial charge in [0.2, 0.25) is 5.91 Å². The second-order valence-electron chi connectivity index (χ2n) is 7.56. The lowest BCUT2D eigenvalue weighted by molar-refractivity contribution is -0.272. The van der Waals surface area contributed by atoms with Gasteiger partial charge in [0.05, 0.1) is 51.0 Å². The summed E-state index contributed by atoms with van der Waals surface area (Å²) in [5.41, 5.74) is 0. The number of carbonyl (C=O) groups is 2. The Balaban J connectivity index is 2.16. The molecule has 11 nitrogen and oxygen atoms in total. The van der Waals surface area contributed by atoms with Gasteiger partial charge in [-0.15, -0.1) is 0 Å². The number of hydrogen-bond acceptors (Lipinski definition) is 11. The number of aliphatic hydroxyl groups excluding tert-OH is 3. The van der Waals surface area contributed by atoms with Crippen molar-refractivity contribution in [3.05, 3.63) is 0 Å². The molecule has 1 rings (SSSR count). The number of Topliss-reactive ketones (excluding diaryl/α,β-unsaturated/α-hetero) is 1. The van der Waals surface area contributed by atoms with Crippen molar-refractivity contribution in [2.45, 2.75) is 56.2 Å². The van der Waals surface area contributed by atoms with Crippen LogP contribution in [0.15, 0.2) is 0 Å². The Morgan fingerprint density at radius 2 is 1.55 bits per heavy atom. The minimum atomic E-state index is -1.36. The molecule has 0 spiro atoms. The standard InChI is InChI=1S/C19H35NO10S/c1-12(22)20-15-17(25)16(24)13(10-21)30-18(15)29-9-8-27-5-4-26-6-7-28-11-14(23)19(2,3)31/h13,15-18,21,24-25,31H,4-11H2,1-3H3,(H,20,22)/t13-,15-,16+,17-,18-/m1/s1. The van der Waals surface area contributed by atoms with Crippen molar-refractivity contribution in [1.82, 2.24) is 5.32 Å². The predicted molar refractivity (Wildman–Crippen MR) is 112 cm³/mol. The fraction of sp³-hybridized carbons (Fsp3) is 0.895. The fourth-order valence-corrected chi connectivity index (χ4v) is 2.68. The smallest absolute Gasteiger partial charge is 0.217 e. The quantitative estimate of drug-likeness (QED) is 0.138. The van der Waals surface area contributed by atoms with Crippen LogP contribution in [0.5, 0.6) is 0 Å². The van der Waals surface area contributed by atoms with Crippen molar-refractivity contribution < 1.29 is 48.6 Å². The molecule has 4 N–H and O–H groups in total. The number of amides is 1.